The van der Waals surface area contributed by atoms with E-state index >= 15 is 0 Å². The number of aliphatic carboxylic acids is 1. The summed E-state index contributed by atoms with van der Waals surface area (Å²) in [5.74, 6) is -1.19. The first-order valence-electron chi connectivity index (χ1n) is 5.99. The smallest absolute Gasteiger partial charge is 0.310 e. The molecule has 0 aromatic carbocycles. The summed E-state index contributed by atoms with van der Waals surface area (Å²) in [6.07, 6.45) is 0.868. The molecule has 0 saturated heterocycles. The first kappa shape index (κ1) is 15.9. The van der Waals surface area contributed by atoms with E-state index in [2.05, 4.69) is 10.6 Å². The number of rotatable bonds is 8. The molecule has 0 aliphatic heterocycles. The van der Waals surface area contributed by atoms with Gasteiger partial charge >= 0.3 is 5.97 Å². The molecule has 0 bridgehead atoms. The maximum Gasteiger partial charge on any atom is 0.310 e. The summed E-state index contributed by atoms with van der Waals surface area (Å²) < 4.78 is 0. The zero-order valence-corrected chi connectivity index (χ0v) is 11.2. The highest BCUT2D eigenvalue weighted by atomic mass is 16.4. The number of carboxylic acid groups (broad SMARTS) is 1. The standard InChI is InChI=1S/C12H24N2O3/c1-9(2)12(3,11(16)17)8-10(15)14-7-5-6-13-4/h9,13H,5-8H2,1-4H3,(H,14,15)(H,16,17). The van der Waals surface area contributed by atoms with E-state index in [0.717, 1.165) is 13.0 Å². The Hall–Kier alpha value is -1.10. The summed E-state index contributed by atoms with van der Waals surface area (Å²) in [4.78, 5) is 22.8. The molecule has 0 saturated carbocycles. The Kier molecular flexibility index (Phi) is 6.80. The summed E-state index contributed by atoms with van der Waals surface area (Å²) >= 11 is 0. The number of nitrogens with one attached hydrogen (secondary N) is 2. The van der Waals surface area contributed by atoms with Crippen molar-refractivity contribution in [2.75, 3.05) is 20.1 Å². The van der Waals surface area contributed by atoms with Crippen molar-refractivity contribution >= 4 is 11.9 Å². The van der Waals surface area contributed by atoms with Crippen LogP contribution in [0.2, 0.25) is 0 Å². The first-order chi connectivity index (χ1) is 7.84. The molecule has 0 aromatic rings. The summed E-state index contributed by atoms with van der Waals surface area (Å²) in [5.41, 5.74) is -0.993. The third kappa shape index (κ3) is 5.17. The average molecular weight is 244 g/mol. The fourth-order valence-electron chi connectivity index (χ4n) is 1.42. The zero-order chi connectivity index (χ0) is 13.5. The van der Waals surface area contributed by atoms with Gasteiger partial charge in [-0.3, -0.25) is 9.59 Å². The van der Waals surface area contributed by atoms with Crippen LogP contribution in [0, 0.1) is 11.3 Å². The van der Waals surface area contributed by atoms with E-state index in [1.54, 1.807) is 6.92 Å². The number of carbonyl (C=O) groups excluding carboxylic acids is 1. The van der Waals surface area contributed by atoms with Gasteiger partial charge in [-0.1, -0.05) is 13.8 Å². The minimum Gasteiger partial charge on any atom is -0.481 e. The zero-order valence-electron chi connectivity index (χ0n) is 11.2. The molecule has 1 amide bonds. The molecule has 0 rings (SSSR count). The summed E-state index contributed by atoms with van der Waals surface area (Å²) in [7, 11) is 1.85. The monoisotopic (exact) mass is 244 g/mol. The van der Waals surface area contributed by atoms with Gasteiger partial charge in [0.1, 0.15) is 0 Å². The molecule has 0 aliphatic carbocycles. The van der Waals surface area contributed by atoms with Crippen LogP contribution in [0.15, 0.2) is 0 Å². The van der Waals surface area contributed by atoms with Gasteiger partial charge in [-0.2, -0.15) is 0 Å². The SMILES string of the molecule is CNCCCNC(=O)CC(C)(C(=O)O)C(C)C. The highest BCUT2D eigenvalue weighted by Crippen LogP contribution is 2.31. The molecule has 0 aliphatic rings. The van der Waals surface area contributed by atoms with E-state index in [4.69, 9.17) is 0 Å². The van der Waals surface area contributed by atoms with Gasteiger partial charge in [-0.05, 0) is 32.9 Å². The Balaban J connectivity index is 4.20. The molecular weight excluding hydrogens is 220 g/mol. The fourth-order valence-corrected chi connectivity index (χ4v) is 1.42. The second-order valence-electron chi connectivity index (χ2n) is 4.86. The highest BCUT2D eigenvalue weighted by molar-refractivity contribution is 5.84. The minimum atomic E-state index is -0.993. The Morgan fingerprint density at radius 2 is 1.88 bits per heavy atom. The lowest BCUT2D eigenvalue weighted by Gasteiger charge is -2.28. The van der Waals surface area contributed by atoms with Crippen molar-refractivity contribution in [1.82, 2.24) is 10.6 Å². The van der Waals surface area contributed by atoms with Gasteiger partial charge in [-0.15, -0.1) is 0 Å². The van der Waals surface area contributed by atoms with Crippen LogP contribution < -0.4 is 10.6 Å². The number of amides is 1. The molecule has 5 heteroatoms. The quantitative estimate of drug-likeness (QED) is 0.553. The lowest BCUT2D eigenvalue weighted by molar-refractivity contribution is -0.153. The summed E-state index contributed by atoms with van der Waals surface area (Å²) in [6, 6.07) is 0. The normalized spacial score (nSPS) is 14.4. The lowest BCUT2D eigenvalue weighted by atomic mass is 9.76. The molecule has 0 radical (unpaired) electrons. The van der Waals surface area contributed by atoms with Crippen molar-refractivity contribution in [1.29, 1.82) is 0 Å². The van der Waals surface area contributed by atoms with Gasteiger partial charge < -0.3 is 15.7 Å². The second kappa shape index (κ2) is 7.27. The number of carbonyl (C=O) groups is 2. The molecule has 5 nitrogen and oxygen atoms in total. The molecule has 3 N–H and O–H groups in total. The van der Waals surface area contributed by atoms with Crippen LogP contribution >= 0.6 is 0 Å². The van der Waals surface area contributed by atoms with Gasteiger partial charge in [0.2, 0.25) is 5.91 Å². The van der Waals surface area contributed by atoms with Crippen LogP contribution in [0.4, 0.5) is 0 Å². The number of hydrogen-bond acceptors (Lipinski definition) is 3. The molecule has 1 unspecified atom stereocenters. The Morgan fingerprint density at radius 1 is 1.29 bits per heavy atom. The summed E-state index contributed by atoms with van der Waals surface area (Å²) in [5, 5.41) is 14.9. The van der Waals surface area contributed by atoms with E-state index in [-0.39, 0.29) is 18.2 Å². The molecule has 0 heterocycles. The van der Waals surface area contributed by atoms with Crippen molar-refractivity contribution in [2.24, 2.45) is 11.3 Å². The lowest BCUT2D eigenvalue weighted by Crippen LogP contribution is -2.39. The third-order valence-electron chi connectivity index (χ3n) is 3.22. The van der Waals surface area contributed by atoms with Gasteiger partial charge in [0.15, 0.2) is 0 Å². The van der Waals surface area contributed by atoms with Crippen LogP contribution in [0.3, 0.4) is 0 Å². The number of hydrogen-bond donors (Lipinski definition) is 3. The Labute approximate surface area is 103 Å². The molecule has 100 valence electrons. The predicted molar refractivity (Wildman–Crippen MR) is 66.8 cm³/mol. The van der Waals surface area contributed by atoms with Crippen molar-refractivity contribution in [2.45, 2.75) is 33.6 Å². The van der Waals surface area contributed by atoms with E-state index in [1.807, 2.05) is 20.9 Å². The van der Waals surface area contributed by atoms with Crippen LogP contribution in [0.1, 0.15) is 33.6 Å². The predicted octanol–water partition coefficient (Wildman–Crippen LogP) is 0.849. The molecule has 0 fully saturated rings. The van der Waals surface area contributed by atoms with Crippen molar-refractivity contribution in [3.8, 4) is 0 Å². The van der Waals surface area contributed by atoms with Crippen LogP contribution in [0.5, 0.6) is 0 Å². The van der Waals surface area contributed by atoms with Crippen LogP contribution in [-0.4, -0.2) is 37.1 Å². The topological polar surface area (TPSA) is 78.4 Å². The van der Waals surface area contributed by atoms with E-state index in [1.165, 1.54) is 0 Å². The maximum atomic E-state index is 11.6. The second-order valence-corrected chi connectivity index (χ2v) is 4.86. The number of carboxylic acids is 1. The van der Waals surface area contributed by atoms with E-state index < -0.39 is 11.4 Å². The minimum absolute atomic E-state index is 0.0273. The van der Waals surface area contributed by atoms with Gasteiger partial charge in [0, 0.05) is 13.0 Å². The van der Waals surface area contributed by atoms with Gasteiger partial charge in [0.25, 0.3) is 0 Å². The third-order valence-corrected chi connectivity index (χ3v) is 3.22. The molecule has 1 atom stereocenters. The Morgan fingerprint density at radius 3 is 2.29 bits per heavy atom. The van der Waals surface area contributed by atoms with E-state index in [9.17, 15) is 14.7 Å². The van der Waals surface area contributed by atoms with Gasteiger partial charge in [0.05, 0.1) is 5.41 Å². The van der Waals surface area contributed by atoms with Crippen LogP contribution in [0.25, 0.3) is 0 Å². The molecule has 0 aromatic heterocycles. The average Bonchev–Trinajstić information content (AvgIpc) is 2.23. The van der Waals surface area contributed by atoms with Crippen LogP contribution in [-0.2, 0) is 9.59 Å². The Bertz CT molecular complexity index is 266. The van der Waals surface area contributed by atoms with E-state index in [0.29, 0.717) is 6.54 Å². The molecular formula is C12H24N2O3. The molecule has 17 heavy (non-hydrogen) atoms. The molecule has 0 spiro atoms. The largest absolute Gasteiger partial charge is 0.481 e. The van der Waals surface area contributed by atoms with Crippen molar-refractivity contribution in [3.05, 3.63) is 0 Å². The first-order valence-corrected chi connectivity index (χ1v) is 5.99. The van der Waals surface area contributed by atoms with Crippen molar-refractivity contribution < 1.29 is 14.7 Å². The summed E-state index contributed by atoms with van der Waals surface area (Å²) in [6.45, 7) is 6.67. The fraction of sp³-hybridized carbons (Fsp3) is 0.833. The van der Waals surface area contributed by atoms with Crippen molar-refractivity contribution in [3.63, 3.8) is 0 Å². The highest BCUT2D eigenvalue weighted by Gasteiger charge is 2.38. The maximum absolute atomic E-state index is 11.6. The van der Waals surface area contributed by atoms with Gasteiger partial charge in [-0.25, -0.2) is 0 Å².